The summed E-state index contributed by atoms with van der Waals surface area (Å²) < 4.78 is 6.14. The van der Waals surface area contributed by atoms with Crippen LogP contribution in [0, 0.1) is 0 Å². The van der Waals surface area contributed by atoms with E-state index < -0.39 is 17.9 Å². The third-order valence-corrected chi connectivity index (χ3v) is 3.62. The Hall–Kier alpha value is -2.12. The third kappa shape index (κ3) is 4.94. The van der Waals surface area contributed by atoms with E-state index in [1.54, 1.807) is 37.3 Å². The molecule has 2 aromatic rings. The van der Waals surface area contributed by atoms with Crippen LogP contribution in [0.15, 0.2) is 47.1 Å². The number of rotatable bonds is 4. The van der Waals surface area contributed by atoms with Crippen molar-refractivity contribution in [1.29, 1.82) is 0 Å². The number of carbonyl (C=O) groups is 2. The van der Waals surface area contributed by atoms with Crippen molar-refractivity contribution in [3.05, 3.63) is 57.8 Å². The fourth-order valence-electron chi connectivity index (χ4n) is 1.60. The average Bonchev–Trinajstić information content (AvgIpc) is 2.55. The van der Waals surface area contributed by atoms with Crippen LogP contribution in [0.5, 0.6) is 5.75 Å². The summed E-state index contributed by atoms with van der Waals surface area (Å²) in [6, 6.07) is 9.84. The first-order valence-corrected chi connectivity index (χ1v) is 7.77. The third-order valence-electron chi connectivity index (χ3n) is 2.76. The lowest BCUT2D eigenvalue weighted by Gasteiger charge is -2.16. The van der Waals surface area contributed by atoms with E-state index in [9.17, 15) is 9.59 Å². The predicted octanol–water partition coefficient (Wildman–Crippen LogP) is 2.73. The van der Waals surface area contributed by atoms with Gasteiger partial charge in [0.15, 0.2) is 6.10 Å². The van der Waals surface area contributed by atoms with Crippen molar-refractivity contribution in [1.82, 2.24) is 15.8 Å². The van der Waals surface area contributed by atoms with Crippen LogP contribution in [-0.4, -0.2) is 22.9 Å². The number of hydrogen-bond acceptors (Lipinski definition) is 4. The van der Waals surface area contributed by atoms with Crippen molar-refractivity contribution in [2.45, 2.75) is 13.0 Å². The van der Waals surface area contributed by atoms with E-state index in [4.69, 9.17) is 16.3 Å². The Morgan fingerprint density at radius 2 is 2.04 bits per heavy atom. The number of pyridine rings is 1. The zero-order valence-electron chi connectivity index (χ0n) is 12.0. The molecule has 1 unspecified atom stereocenters. The Morgan fingerprint density at radius 1 is 1.26 bits per heavy atom. The van der Waals surface area contributed by atoms with Gasteiger partial charge in [0.05, 0.1) is 4.47 Å². The van der Waals surface area contributed by atoms with Crippen LogP contribution >= 0.6 is 27.5 Å². The van der Waals surface area contributed by atoms with E-state index in [0.717, 1.165) is 0 Å². The number of hydrazine groups is 1. The van der Waals surface area contributed by atoms with Crippen molar-refractivity contribution in [2.75, 3.05) is 0 Å². The van der Waals surface area contributed by atoms with E-state index in [1.807, 2.05) is 0 Å². The molecule has 0 aliphatic rings. The minimum absolute atomic E-state index is 0.196. The SMILES string of the molecule is CC(Oc1ccc(Cl)cc1Br)C(=O)NNC(=O)c1ccccn1. The lowest BCUT2D eigenvalue weighted by molar-refractivity contribution is -0.128. The molecule has 2 N–H and O–H groups in total. The molecule has 0 aliphatic heterocycles. The first-order chi connectivity index (χ1) is 11.0. The zero-order chi connectivity index (χ0) is 16.8. The number of ether oxygens (including phenoxy) is 1. The van der Waals surface area contributed by atoms with Crippen LogP contribution in [0.3, 0.4) is 0 Å². The molecule has 1 aromatic heterocycles. The quantitative estimate of drug-likeness (QED) is 0.776. The van der Waals surface area contributed by atoms with Crippen LogP contribution < -0.4 is 15.6 Å². The van der Waals surface area contributed by atoms with Gasteiger partial charge < -0.3 is 4.74 Å². The molecule has 0 saturated carbocycles. The van der Waals surface area contributed by atoms with Gasteiger partial charge in [-0.2, -0.15) is 0 Å². The van der Waals surface area contributed by atoms with E-state index in [1.165, 1.54) is 12.3 Å². The molecule has 120 valence electrons. The van der Waals surface area contributed by atoms with Gasteiger partial charge in [-0.3, -0.25) is 25.4 Å². The summed E-state index contributed by atoms with van der Waals surface area (Å²) in [6.45, 7) is 1.56. The predicted molar refractivity (Wildman–Crippen MR) is 89.1 cm³/mol. The summed E-state index contributed by atoms with van der Waals surface area (Å²) in [5.41, 5.74) is 4.76. The maximum Gasteiger partial charge on any atom is 0.288 e. The molecule has 0 radical (unpaired) electrons. The Balaban J connectivity index is 1.89. The lowest BCUT2D eigenvalue weighted by Crippen LogP contribution is -2.47. The largest absolute Gasteiger partial charge is 0.480 e. The first kappa shape index (κ1) is 17.2. The second-order valence-electron chi connectivity index (χ2n) is 4.49. The van der Waals surface area contributed by atoms with Crippen molar-refractivity contribution >= 4 is 39.3 Å². The maximum atomic E-state index is 11.9. The smallest absolute Gasteiger partial charge is 0.288 e. The number of amides is 2. The van der Waals surface area contributed by atoms with Crippen molar-refractivity contribution in [3.63, 3.8) is 0 Å². The summed E-state index contributed by atoms with van der Waals surface area (Å²) in [4.78, 5) is 27.6. The molecular formula is C15H13BrClN3O3. The normalized spacial score (nSPS) is 11.4. The minimum Gasteiger partial charge on any atom is -0.480 e. The number of nitrogens with zero attached hydrogens (tertiary/aromatic N) is 1. The first-order valence-electron chi connectivity index (χ1n) is 6.60. The van der Waals surface area contributed by atoms with Crippen LogP contribution in [0.25, 0.3) is 0 Å². The number of carbonyl (C=O) groups excluding carboxylic acids is 2. The molecule has 23 heavy (non-hydrogen) atoms. The molecular weight excluding hydrogens is 386 g/mol. The Bertz CT molecular complexity index is 712. The van der Waals surface area contributed by atoms with E-state index in [2.05, 4.69) is 31.8 Å². The van der Waals surface area contributed by atoms with Gasteiger partial charge in [0.2, 0.25) is 0 Å². The van der Waals surface area contributed by atoms with Crippen LogP contribution in [-0.2, 0) is 4.79 Å². The average molecular weight is 399 g/mol. The highest BCUT2D eigenvalue weighted by Gasteiger charge is 2.17. The number of nitrogens with one attached hydrogen (secondary N) is 2. The van der Waals surface area contributed by atoms with Crippen molar-refractivity contribution in [2.24, 2.45) is 0 Å². The summed E-state index contributed by atoms with van der Waals surface area (Å²) in [5, 5.41) is 0.545. The van der Waals surface area contributed by atoms with Crippen LogP contribution in [0.4, 0.5) is 0 Å². The summed E-state index contributed by atoms with van der Waals surface area (Å²) in [6.07, 6.45) is 0.664. The Labute approximate surface area is 146 Å². The fraction of sp³-hybridized carbons (Fsp3) is 0.133. The molecule has 2 rings (SSSR count). The number of halogens is 2. The molecule has 0 saturated heterocycles. The van der Waals surface area contributed by atoms with Gasteiger partial charge in [-0.1, -0.05) is 17.7 Å². The molecule has 1 atom stereocenters. The highest BCUT2D eigenvalue weighted by Crippen LogP contribution is 2.28. The van der Waals surface area contributed by atoms with Gasteiger partial charge in [0.25, 0.3) is 11.8 Å². The molecule has 0 spiro atoms. The van der Waals surface area contributed by atoms with Crippen LogP contribution in [0.2, 0.25) is 5.02 Å². The Kier molecular flexibility index (Phi) is 5.95. The summed E-state index contributed by atoms with van der Waals surface area (Å²) in [5.74, 6) is -0.553. The molecule has 1 heterocycles. The topological polar surface area (TPSA) is 80.3 Å². The molecule has 0 aliphatic carbocycles. The lowest BCUT2D eigenvalue weighted by atomic mass is 10.3. The molecule has 0 fully saturated rings. The van der Waals surface area contributed by atoms with Gasteiger partial charge in [-0.05, 0) is 53.2 Å². The van der Waals surface area contributed by atoms with Gasteiger partial charge in [-0.15, -0.1) is 0 Å². The van der Waals surface area contributed by atoms with Gasteiger partial charge in [0.1, 0.15) is 11.4 Å². The van der Waals surface area contributed by atoms with Crippen molar-refractivity contribution < 1.29 is 14.3 Å². The summed E-state index contributed by atoms with van der Waals surface area (Å²) in [7, 11) is 0. The molecule has 0 bridgehead atoms. The maximum absolute atomic E-state index is 11.9. The molecule has 8 heteroatoms. The molecule has 1 aromatic carbocycles. The van der Waals surface area contributed by atoms with Crippen molar-refractivity contribution in [3.8, 4) is 5.75 Å². The zero-order valence-corrected chi connectivity index (χ0v) is 14.4. The highest BCUT2D eigenvalue weighted by molar-refractivity contribution is 9.10. The number of benzene rings is 1. The van der Waals surface area contributed by atoms with E-state index in [-0.39, 0.29) is 5.69 Å². The van der Waals surface area contributed by atoms with Crippen LogP contribution in [0.1, 0.15) is 17.4 Å². The molecule has 6 nitrogen and oxygen atoms in total. The van der Waals surface area contributed by atoms with Gasteiger partial charge in [0, 0.05) is 11.2 Å². The minimum atomic E-state index is -0.823. The number of aromatic nitrogens is 1. The van der Waals surface area contributed by atoms with E-state index >= 15 is 0 Å². The number of hydrogen-bond donors (Lipinski definition) is 2. The van der Waals surface area contributed by atoms with Gasteiger partial charge in [-0.25, -0.2) is 0 Å². The van der Waals surface area contributed by atoms with E-state index in [0.29, 0.717) is 15.2 Å². The highest BCUT2D eigenvalue weighted by atomic mass is 79.9. The second-order valence-corrected chi connectivity index (χ2v) is 5.78. The Morgan fingerprint density at radius 3 is 2.70 bits per heavy atom. The second kappa shape index (κ2) is 7.94. The standard InChI is InChI=1S/C15H13BrClN3O3/c1-9(23-13-6-5-10(17)8-11(13)16)14(21)19-20-15(22)12-4-2-3-7-18-12/h2-9H,1H3,(H,19,21)(H,20,22). The summed E-state index contributed by atoms with van der Waals surface area (Å²) >= 11 is 9.14. The fourth-order valence-corrected chi connectivity index (χ4v) is 2.37. The van der Waals surface area contributed by atoms with Gasteiger partial charge >= 0.3 is 0 Å². The molecule has 2 amide bonds. The monoisotopic (exact) mass is 397 g/mol.